The molecule has 2 unspecified atom stereocenters. The van der Waals surface area contributed by atoms with E-state index in [0.717, 1.165) is 25.0 Å². The van der Waals surface area contributed by atoms with Crippen molar-refractivity contribution in [3.63, 3.8) is 0 Å². The topological polar surface area (TPSA) is 63.0 Å². The van der Waals surface area contributed by atoms with Gasteiger partial charge in [-0.3, -0.25) is 4.21 Å². The first-order valence-electron chi connectivity index (χ1n) is 5.60. The van der Waals surface area contributed by atoms with Gasteiger partial charge in [0.2, 0.25) is 0 Å². The van der Waals surface area contributed by atoms with E-state index in [2.05, 4.69) is 4.98 Å². The summed E-state index contributed by atoms with van der Waals surface area (Å²) in [6.07, 6.45) is 3.74. The van der Waals surface area contributed by atoms with Crippen molar-refractivity contribution < 1.29 is 8.95 Å². The van der Waals surface area contributed by atoms with Crippen LogP contribution in [0.4, 0.5) is 0 Å². The molecule has 0 spiro atoms. The van der Waals surface area contributed by atoms with Crippen molar-refractivity contribution in [3.8, 4) is 6.07 Å². The Bertz CT molecular complexity index is 450. The Morgan fingerprint density at radius 1 is 1.65 bits per heavy atom. The summed E-state index contributed by atoms with van der Waals surface area (Å²) in [6, 6.07) is 5.59. The highest BCUT2D eigenvalue weighted by atomic mass is 32.2. The predicted molar refractivity (Wildman–Crippen MR) is 64.6 cm³/mol. The number of hydrogen-bond acceptors (Lipinski definition) is 4. The second-order valence-corrected chi connectivity index (χ2v) is 5.51. The van der Waals surface area contributed by atoms with Crippen LogP contribution in [0, 0.1) is 11.3 Å². The lowest BCUT2D eigenvalue weighted by Crippen LogP contribution is -2.17. The Hall–Kier alpha value is -1.25. The SMILES string of the molecule is N#Cc1ncccc1CS(=O)CC1CCCO1. The van der Waals surface area contributed by atoms with Gasteiger partial charge in [0.15, 0.2) is 0 Å². The second kappa shape index (κ2) is 5.89. The third-order valence-corrected chi connectivity index (χ3v) is 4.09. The Balaban J connectivity index is 1.95. The molecule has 0 saturated carbocycles. The number of nitriles is 1. The highest BCUT2D eigenvalue weighted by molar-refractivity contribution is 7.84. The van der Waals surface area contributed by atoms with Gasteiger partial charge in [0.25, 0.3) is 0 Å². The molecule has 1 fully saturated rings. The van der Waals surface area contributed by atoms with Crippen molar-refractivity contribution in [2.24, 2.45) is 0 Å². The number of ether oxygens (including phenoxy) is 1. The molecule has 4 nitrogen and oxygen atoms in total. The fraction of sp³-hybridized carbons (Fsp3) is 0.500. The predicted octanol–water partition coefficient (Wildman–Crippen LogP) is 1.38. The zero-order valence-electron chi connectivity index (χ0n) is 9.46. The Morgan fingerprint density at radius 3 is 3.24 bits per heavy atom. The van der Waals surface area contributed by atoms with Gasteiger partial charge in [-0.25, -0.2) is 4.98 Å². The van der Waals surface area contributed by atoms with Crippen molar-refractivity contribution in [1.82, 2.24) is 4.98 Å². The fourth-order valence-electron chi connectivity index (χ4n) is 1.87. The normalized spacial score (nSPS) is 21.0. The summed E-state index contributed by atoms with van der Waals surface area (Å²) >= 11 is 0. The minimum absolute atomic E-state index is 0.123. The van der Waals surface area contributed by atoms with Gasteiger partial charge in [-0.05, 0) is 18.9 Å². The van der Waals surface area contributed by atoms with Crippen molar-refractivity contribution in [3.05, 3.63) is 29.6 Å². The highest BCUT2D eigenvalue weighted by Crippen LogP contribution is 2.15. The van der Waals surface area contributed by atoms with Crippen LogP contribution in [0.2, 0.25) is 0 Å². The first kappa shape index (κ1) is 12.2. The fourth-order valence-corrected chi connectivity index (χ4v) is 3.25. The molecule has 1 aromatic rings. The maximum atomic E-state index is 11.9. The van der Waals surface area contributed by atoms with Crippen LogP contribution < -0.4 is 0 Å². The summed E-state index contributed by atoms with van der Waals surface area (Å²) < 4.78 is 17.4. The third-order valence-electron chi connectivity index (χ3n) is 2.71. The van der Waals surface area contributed by atoms with Crippen molar-refractivity contribution in [2.75, 3.05) is 12.4 Å². The van der Waals surface area contributed by atoms with E-state index in [1.807, 2.05) is 6.07 Å². The van der Waals surface area contributed by atoms with Crippen molar-refractivity contribution in [1.29, 1.82) is 5.26 Å². The van der Waals surface area contributed by atoms with E-state index >= 15 is 0 Å². The van der Waals surface area contributed by atoms with Gasteiger partial charge in [-0.1, -0.05) is 6.07 Å². The van der Waals surface area contributed by atoms with Gasteiger partial charge in [-0.2, -0.15) is 5.26 Å². The lowest BCUT2D eigenvalue weighted by molar-refractivity contribution is 0.128. The third kappa shape index (κ3) is 3.35. The molecule has 0 amide bonds. The van der Waals surface area contributed by atoms with Gasteiger partial charge in [0.05, 0.1) is 17.6 Å². The van der Waals surface area contributed by atoms with E-state index in [0.29, 0.717) is 17.2 Å². The highest BCUT2D eigenvalue weighted by Gasteiger charge is 2.19. The molecule has 0 aromatic carbocycles. The molecule has 90 valence electrons. The monoisotopic (exact) mass is 250 g/mol. The maximum Gasteiger partial charge on any atom is 0.144 e. The standard InChI is InChI=1S/C12H14N2O2S/c13-7-12-10(3-1-5-14-12)8-17(15)9-11-4-2-6-16-11/h1,3,5,11H,2,4,6,8-9H2. The molecule has 1 aliphatic rings. The van der Waals surface area contributed by atoms with Gasteiger partial charge in [0.1, 0.15) is 11.8 Å². The minimum Gasteiger partial charge on any atom is -0.377 e. The van der Waals surface area contributed by atoms with Crippen LogP contribution in [-0.4, -0.2) is 27.7 Å². The number of pyridine rings is 1. The lowest BCUT2D eigenvalue weighted by Gasteiger charge is -2.09. The van der Waals surface area contributed by atoms with E-state index < -0.39 is 10.8 Å². The summed E-state index contributed by atoms with van der Waals surface area (Å²) in [5.41, 5.74) is 1.12. The zero-order valence-corrected chi connectivity index (χ0v) is 10.3. The number of hydrogen-bond donors (Lipinski definition) is 0. The quantitative estimate of drug-likeness (QED) is 0.810. The summed E-state index contributed by atoms with van der Waals surface area (Å²) in [5, 5.41) is 8.88. The van der Waals surface area contributed by atoms with Gasteiger partial charge < -0.3 is 4.74 Å². The van der Waals surface area contributed by atoms with Crippen LogP contribution in [0.1, 0.15) is 24.1 Å². The molecule has 1 saturated heterocycles. The molecule has 2 heterocycles. The number of nitrogens with zero attached hydrogens (tertiary/aromatic N) is 2. The molecular weight excluding hydrogens is 236 g/mol. The van der Waals surface area contributed by atoms with Gasteiger partial charge in [-0.15, -0.1) is 0 Å². The smallest absolute Gasteiger partial charge is 0.144 e. The van der Waals surface area contributed by atoms with Gasteiger partial charge in [0, 0.05) is 29.2 Å². The Labute approximate surface area is 103 Å². The van der Waals surface area contributed by atoms with Crippen LogP contribution in [-0.2, 0) is 21.3 Å². The molecule has 0 aliphatic carbocycles. The molecule has 5 heteroatoms. The largest absolute Gasteiger partial charge is 0.377 e. The van der Waals surface area contributed by atoms with Crippen LogP contribution in [0.3, 0.4) is 0 Å². The first-order valence-corrected chi connectivity index (χ1v) is 7.09. The Morgan fingerprint density at radius 2 is 2.53 bits per heavy atom. The van der Waals surface area contributed by atoms with E-state index in [1.165, 1.54) is 0 Å². The molecule has 17 heavy (non-hydrogen) atoms. The molecule has 1 aromatic heterocycles. The summed E-state index contributed by atoms with van der Waals surface area (Å²) in [7, 11) is -0.989. The number of aromatic nitrogens is 1. The van der Waals surface area contributed by atoms with Crippen LogP contribution in [0.15, 0.2) is 18.3 Å². The van der Waals surface area contributed by atoms with E-state index in [9.17, 15) is 4.21 Å². The zero-order chi connectivity index (χ0) is 12.1. The number of rotatable bonds is 4. The van der Waals surface area contributed by atoms with E-state index in [4.69, 9.17) is 10.00 Å². The second-order valence-electron chi connectivity index (χ2n) is 4.01. The molecule has 1 aliphatic heterocycles. The molecule has 2 atom stereocenters. The summed E-state index contributed by atoms with van der Waals surface area (Å²) in [5.74, 6) is 0.941. The van der Waals surface area contributed by atoms with E-state index in [1.54, 1.807) is 18.3 Å². The molecular formula is C12H14N2O2S. The van der Waals surface area contributed by atoms with E-state index in [-0.39, 0.29) is 6.10 Å². The van der Waals surface area contributed by atoms with Crippen molar-refractivity contribution >= 4 is 10.8 Å². The maximum absolute atomic E-state index is 11.9. The molecule has 0 radical (unpaired) electrons. The first-order chi connectivity index (χ1) is 8.29. The van der Waals surface area contributed by atoms with Crippen LogP contribution >= 0.6 is 0 Å². The molecule has 0 bridgehead atoms. The average molecular weight is 250 g/mol. The summed E-state index contributed by atoms with van der Waals surface area (Å²) in [4.78, 5) is 3.96. The Kier molecular flexibility index (Phi) is 4.24. The average Bonchev–Trinajstić information content (AvgIpc) is 2.82. The van der Waals surface area contributed by atoms with Gasteiger partial charge >= 0.3 is 0 Å². The van der Waals surface area contributed by atoms with Crippen molar-refractivity contribution in [2.45, 2.75) is 24.7 Å². The van der Waals surface area contributed by atoms with Crippen LogP contribution in [0.25, 0.3) is 0 Å². The molecule has 2 rings (SSSR count). The lowest BCUT2D eigenvalue weighted by atomic mass is 10.2. The minimum atomic E-state index is -0.989. The molecule has 0 N–H and O–H groups in total. The summed E-state index contributed by atoms with van der Waals surface area (Å²) in [6.45, 7) is 0.776. The van der Waals surface area contributed by atoms with Crippen LogP contribution in [0.5, 0.6) is 0 Å².